The standard InChI is InChI=1S/C18H29N3O4S.ClH/c1-3-7-14-17-15(21(18(14)23)26(2,24)25)8-13-20(17)16(22)9-12-19-10-5-4-6-11-19;/h8,14,17H,3-7,9-13H2,1-2H3;1H/t14-,17-;/m1./s1. The summed E-state index contributed by atoms with van der Waals surface area (Å²) in [6, 6.07) is -0.425. The summed E-state index contributed by atoms with van der Waals surface area (Å²) < 4.78 is 25.1. The molecule has 3 aliphatic rings. The van der Waals surface area contributed by atoms with Crippen LogP contribution in [0.5, 0.6) is 0 Å². The highest BCUT2D eigenvalue weighted by Gasteiger charge is 2.53. The Labute approximate surface area is 168 Å². The number of piperidine rings is 1. The summed E-state index contributed by atoms with van der Waals surface area (Å²) in [4.78, 5) is 29.5. The SMILES string of the molecule is CCC[C@H]1C(=O)N(S(C)(=O)=O)C2=CCN(C(=O)CCN3CCCCC3)[C@@H]21.Cl. The van der Waals surface area contributed by atoms with E-state index in [4.69, 9.17) is 0 Å². The van der Waals surface area contributed by atoms with Crippen molar-refractivity contribution in [2.75, 3.05) is 32.4 Å². The highest BCUT2D eigenvalue weighted by Crippen LogP contribution is 2.40. The molecule has 0 N–H and O–H groups in total. The number of hydrogen-bond donors (Lipinski definition) is 0. The molecule has 0 aromatic heterocycles. The lowest BCUT2D eigenvalue weighted by atomic mass is 9.96. The normalized spacial score (nSPS) is 26.0. The molecule has 0 saturated carbocycles. The predicted octanol–water partition coefficient (Wildman–Crippen LogP) is 1.60. The van der Waals surface area contributed by atoms with Crippen molar-refractivity contribution in [1.29, 1.82) is 0 Å². The topological polar surface area (TPSA) is 78.0 Å². The van der Waals surface area contributed by atoms with E-state index in [9.17, 15) is 18.0 Å². The summed E-state index contributed by atoms with van der Waals surface area (Å²) in [6.07, 6.45) is 8.19. The first-order chi connectivity index (χ1) is 12.3. The Morgan fingerprint density at radius 2 is 1.89 bits per heavy atom. The minimum absolute atomic E-state index is 0. The fraction of sp³-hybridized carbons (Fsp3) is 0.778. The van der Waals surface area contributed by atoms with Crippen molar-refractivity contribution in [3.8, 4) is 0 Å². The van der Waals surface area contributed by atoms with Gasteiger partial charge in [0.1, 0.15) is 0 Å². The molecule has 2 atom stereocenters. The van der Waals surface area contributed by atoms with Crippen LogP contribution < -0.4 is 0 Å². The Morgan fingerprint density at radius 1 is 1.22 bits per heavy atom. The Kier molecular flexibility index (Phi) is 7.33. The molecule has 0 radical (unpaired) electrons. The third-order valence-electron chi connectivity index (χ3n) is 5.61. The van der Waals surface area contributed by atoms with Crippen molar-refractivity contribution < 1.29 is 18.0 Å². The third kappa shape index (κ3) is 4.49. The molecule has 3 heterocycles. The van der Waals surface area contributed by atoms with Crippen molar-refractivity contribution in [3.63, 3.8) is 0 Å². The Morgan fingerprint density at radius 3 is 2.48 bits per heavy atom. The lowest BCUT2D eigenvalue weighted by Gasteiger charge is -2.30. The number of nitrogens with zero attached hydrogens (tertiary/aromatic N) is 3. The lowest BCUT2D eigenvalue weighted by molar-refractivity contribution is -0.134. The molecule has 3 aliphatic heterocycles. The van der Waals surface area contributed by atoms with Gasteiger partial charge in [0, 0.05) is 19.5 Å². The number of rotatable bonds is 6. The Hall–Kier alpha value is -1.12. The number of sulfonamides is 1. The minimum Gasteiger partial charge on any atom is -0.329 e. The van der Waals surface area contributed by atoms with Crippen LogP contribution in [0.1, 0.15) is 45.4 Å². The predicted molar refractivity (Wildman–Crippen MR) is 106 cm³/mol. The number of fused-ring (bicyclic) bond motifs is 1. The zero-order valence-electron chi connectivity index (χ0n) is 16.1. The zero-order valence-corrected chi connectivity index (χ0v) is 17.7. The first-order valence-corrected chi connectivity index (χ1v) is 11.5. The van der Waals surface area contributed by atoms with Crippen LogP contribution >= 0.6 is 12.4 Å². The maximum absolute atomic E-state index is 12.8. The molecule has 9 heteroatoms. The molecule has 2 fully saturated rings. The first-order valence-electron chi connectivity index (χ1n) is 9.60. The van der Waals surface area contributed by atoms with Gasteiger partial charge >= 0.3 is 0 Å². The summed E-state index contributed by atoms with van der Waals surface area (Å²) in [7, 11) is -3.67. The first kappa shape index (κ1) is 22.2. The molecule has 0 aromatic carbocycles. The van der Waals surface area contributed by atoms with Crippen molar-refractivity contribution >= 4 is 34.2 Å². The van der Waals surface area contributed by atoms with Crippen molar-refractivity contribution in [3.05, 3.63) is 11.8 Å². The van der Waals surface area contributed by atoms with Gasteiger partial charge < -0.3 is 9.80 Å². The van der Waals surface area contributed by atoms with Crippen LogP contribution in [0.25, 0.3) is 0 Å². The Balaban J connectivity index is 0.00000261. The lowest BCUT2D eigenvalue weighted by Crippen LogP contribution is -2.42. The molecular weight excluding hydrogens is 390 g/mol. The average Bonchev–Trinajstić information content (AvgIpc) is 3.12. The number of halogens is 1. The molecule has 0 spiro atoms. The maximum atomic E-state index is 12.8. The van der Waals surface area contributed by atoms with Crippen LogP contribution in [0.3, 0.4) is 0 Å². The number of amides is 2. The maximum Gasteiger partial charge on any atom is 0.246 e. The van der Waals surface area contributed by atoms with Crippen LogP contribution in [0.4, 0.5) is 0 Å². The van der Waals surface area contributed by atoms with Gasteiger partial charge in [0.2, 0.25) is 21.8 Å². The second-order valence-electron chi connectivity index (χ2n) is 7.53. The Bertz CT molecular complexity index is 703. The highest BCUT2D eigenvalue weighted by molar-refractivity contribution is 7.89. The smallest absolute Gasteiger partial charge is 0.246 e. The summed E-state index contributed by atoms with van der Waals surface area (Å²) in [6.45, 7) is 5.17. The van der Waals surface area contributed by atoms with Gasteiger partial charge in [-0.3, -0.25) is 9.59 Å². The van der Waals surface area contributed by atoms with Crippen LogP contribution in [0.2, 0.25) is 0 Å². The molecule has 3 rings (SSSR count). The van der Waals surface area contributed by atoms with E-state index in [-0.39, 0.29) is 24.2 Å². The van der Waals surface area contributed by atoms with Gasteiger partial charge in [0.15, 0.2) is 0 Å². The quantitative estimate of drug-likeness (QED) is 0.653. The van der Waals surface area contributed by atoms with E-state index in [0.29, 0.717) is 25.1 Å². The molecule has 154 valence electrons. The van der Waals surface area contributed by atoms with Gasteiger partial charge in [-0.15, -0.1) is 12.4 Å². The fourth-order valence-electron chi connectivity index (χ4n) is 4.41. The molecule has 27 heavy (non-hydrogen) atoms. The molecule has 0 unspecified atom stereocenters. The van der Waals surface area contributed by atoms with E-state index in [1.807, 2.05) is 6.92 Å². The van der Waals surface area contributed by atoms with Gasteiger partial charge in [0.25, 0.3) is 0 Å². The molecule has 2 amide bonds. The van der Waals surface area contributed by atoms with Gasteiger partial charge in [0.05, 0.1) is 23.9 Å². The van der Waals surface area contributed by atoms with Crippen LogP contribution in [0, 0.1) is 5.92 Å². The average molecular weight is 420 g/mol. The molecule has 7 nitrogen and oxygen atoms in total. The van der Waals surface area contributed by atoms with Gasteiger partial charge in [-0.05, 0) is 38.4 Å². The zero-order chi connectivity index (χ0) is 18.9. The van der Waals surface area contributed by atoms with Crippen LogP contribution in [0.15, 0.2) is 11.8 Å². The van der Waals surface area contributed by atoms with E-state index in [1.54, 1.807) is 11.0 Å². The van der Waals surface area contributed by atoms with E-state index in [0.717, 1.165) is 36.6 Å². The molecular formula is C18H30ClN3O4S. The van der Waals surface area contributed by atoms with E-state index < -0.39 is 22.0 Å². The number of carbonyl (C=O) groups excluding carboxylic acids is 2. The summed E-state index contributed by atoms with van der Waals surface area (Å²) in [5.74, 6) is -0.836. The second kappa shape index (κ2) is 8.92. The second-order valence-corrected chi connectivity index (χ2v) is 9.36. The van der Waals surface area contributed by atoms with E-state index in [1.165, 1.54) is 19.3 Å². The van der Waals surface area contributed by atoms with Crippen LogP contribution in [-0.4, -0.2) is 72.8 Å². The van der Waals surface area contributed by atoms with E-state index in [2.05, 4.69) is 4.90 Å². The van der Waals surface area contributed by atoms with E-state index >= 15 is 0 Å². The van der Waals surface area contributed by atoms with Gasteiger partial charge in [-0.1, -0.05) is 19.8 Å². The summed E-state index contributed by atoms with van der Waals surface area (Å²) in [5, 5.41) is 0. The summed E-state index contributed by atoms with van der Waals surface area (Å²) >= 11 is 0. The summed E-state index contributed by atoms with van der Waals surface area (Å²) in [5.41, 5.74) is 0.474. The van der Waals surface area contributed by atoms with Crippen molar-refractivity contribution in [2.45, 2.75) is 51.5 Å². The minimum atomic E-state index is -3.67. The van der Waals surface area contributed by atoms with Gasteiger partial charge in [-0.2, -0.15) is 0 Å². The van der Waals surface area contributed by atoms with Crippen molar-refractivity contribution in [2.24, 2.45) is 5.92 Å². The van der Waals surface area contributed by atoms with Gasteiger partial charge in [-0.25, -0.2) is 12.7 Å². The number of hydrogen-bond acceptors (Lipinski definition) is 5. The highest BCUT2D eigenvalue weighted by atomic mass is 35.5. The molecule has 0 aromatic rings. The molecule has 0 bridgehead atoms. The number of carbonyl (C=O) groups is 2. The molecule has 0 aliphatic carbocycles. The monoisotopic (exact) mass is 419 g/mol. The van der Waals surface area contributed by atoms with Crippen LogP contribution in [-0.2, 0) is 19.6 Å². The fourth-order valence-corrected chi connectivity index (χ4v) is 5.44. The van der Waals surface area contributed by atoms with Crippen molar-refractivity contribution in [1.82, 2.24) is 14.1 Å². The largest absolute Gasteiger partial charge is 0.329 e. The number of likely N-dealkylation sites (tertiary alicyclic amines) is 1. The molecule has 2 saturated heterocycles. The third-order valence-corrected chi connectivity index (χ3v) is 6.67.